The molecule has 178 valence electrons. The number of fused-ring (bicyclic) bond motifs is 5. The van der Waals surface area contributed by atoms with E-state index in [0.29, 0.717) is 35.5 Å². The Morgan fingerprint density at radius 2 is 1.77 bits per heavy atom. The van der Waals surface area contributed by atoms with E-state index < -0.39 is 11.8 Å². The third kappa shape index (κ3) is 3.58. The smallest absolute Gasteiger partial charge is 0.303 e. The Morgan fingerprint density at radius 3 is 2.42 bits per heavy atom. The van der Waals surface area contributed by atoms with Gasteiger partial charge in [-0.1, -0.05) is 20.8 Å². The Kier molecular flexibility index (Phi) is 6.28. The van der Waals surface area contributed by atoms with Gasteiger partial charge < -0.3 is 19.7 Å². The fraction of sp³-hybridized carbons (Fsp3) is 0.962. The highest BCUT2D eigenvalue weighted by atomic mass is 16.7. The van der Waals surface area contributed by atoms with Gasteiger partial charge in [-0.3, -0.25) is 4.79 Å². The van der Waals surface area contributed by atoms with Crippen LogP contribution in [0.15, 0.2) is 0 Å². The Morgan fingerprint density at radius 1 is 1.06 bits per heavy atom. The molecular formula is C26H44O5. The van der Waals surface area contributed by atoms with Crippen LogP contribution in [-0.4, -0.2) is 42.3 Å². The number of rotatable bonds is 6. The second-order valence-corrected chi connectivity index (χ2v) is 11.9. The van der Waals surface area contributed by atoms with E-state index in [9.17, 15) is 9.90 Å². The highest BCUT2D eigenvalue weighted by Crippen LogP contribution is 2.69. The lowest BCUT2D eigenvalue weighted by Gasteiger charge is -2.63. The summed E-state index contributed by atoms with van der Waals surface area (Å²) in [5, 5.41) is 20.8. The molecule has 9 atom stereocenters. The van der Waals surface area contributed by atoms with Crippen molar-refractivity contribution in [3.8, 4) is 0 Å². The van der Waals surface area contributed by atoms with E-state index >= 15 is 0 Å². The van der Waals surface area contributed by atoms with Gasteiger partial charge in [0.1, 0.15) is 0 Å². The van der Waals surface area contributed by atoms with Crippen LogP contribution in [0.5, 0.6) is 0 Å². The average Bonchev–Trinajstić information content (AvgIpc) is 3.11. The van der Waals surface area contributed by atoms with Crippen LogP contribution in [0.3, 0.4) is 0 Å². The van der Waals surface area contributed by atoms with Gasteiger partial charge in [-0.25, -0.2) is 0 Å². The highest BCUT2D eigenvalue weighted by Gasteiger charge is 2.64. The molecule has 0 amide bonds. The SMILES string of the molecule is COC1(OC)CCC2(C)C(CCC3C2CC(O)C2(C)C(C(C)CCC(=O)O)CCC32)C1. The first-order valence-corrected chi connectivity index (χ1v) is 12.6. The van der Waals surface area contributed by atoms with Gasteiger partial charge in [0.2, 0.25) is 0 Å². The molecule has 0 bridgehead atoms. The summed E-state index contributed by atoms with van der Waals surface area (Å²) in [7, 11) is 3.55. The lowest BCUT2D eigenvalue weighted by atomic mass is 9.43. The minimum absolute atomic E-state index is 0.0697. The van der Waals surface area contributed by atoms with Gasteiger partial charge >= 0.3 is 5.97 Å². The molecule has 0 saturated heterocycles. The Balaban J connectivity index is 1.55. The maximum Gasteiger partial charge on any atom is 0.303 e. The molecule has 0 aromatic heterocycles. The largest absolute Gasteiger partial charge is 0.481 e. The summed E-state index contributed by atoms with van der Waals surface area (Å²) in [6.45, 7) is 7.04. The second kappa shape index (κ2) is 8.29. The second-order valence-electron chi connectivity index (χ2n) is 11.9. The number of hydrogen-bond acceptors (Lipinski definition) is 4. The summed E-state index contributed by atoms with van der Waals surface area (Å²) in [4.78, 5) is 11.1. The van der Waals surface area contributed by atoms with E-state index in [0.717, 1.165) is 38.5 Å². The third-order valence-electron chi connectivity index (χ3n) is 11.1. The molecule has 0 aromatic rings. The number of methoxy groups -OCH3 is 2. The van der Waals surface area contributed by atoms with E-state index in [1.807, 2.05) is 0 Å². The molecule has 0 heterocycles. The van der Waals surface area contributed by atoms with Crippen LogP contribution >= 0.6 is 0 Å². The molecular weight excluding hydrogens is 392 g/mol. The number of carboxylic acids is 1. The lowest BCUT2D eigenvalue weighted by Crippen LogP contribution is -2.60. The van der Waals surface area contributed by atoms with Gasteiger partial charge in [0.05, 0.1) is 6.10 Å². The van der Waals surface area contributed by atoms with Crippen molar-refractivity contribution < 1.29 is 24.5 Å². The number of ether oxygens (including phenoxy) is 2. The summed E-state index contributed by atoms with van der Waals surface area (Å²) in [5.74, 6) is 2.04. The fourth-order valence-electron chi connectivity index (χ4n) is 9.13. The van der Waals surface area contributed by atoms with Crippen molar-refractivity contribution in [1.29, 1.82) is 0 Å². The zero-order chi connectivity index (χ0) is 22.6. The van der Waals surface area contributed by atoms with Crippen molar-refractivity contribution >= 4 is 5.97 Å². The quantitative estimate of drug-likeness (QED) is 0.566. The van der Waals surface area contributed by atoms with Gasteiger partial charge in [-0.15, -0.1) is 0 Å². The minimum Gasteiger partial charge on any atom is -0.481 e. The Bertz CT molecular complexity index is 675. The predicted octanol–water partition coefficient (Wildman–Crippen LogP) is 5.11. The molecule has 9 unspecified atom stereocenters. The van der Waals surface area contributed by atoms with Crippen LogP contribution in [0.25, 0.3) is 0 Å². The summed E-state index contributed by atoms with van der Waals surface area (Å²) in [6, 6.07) is 0. The van der Waals surface area contributed by atoms with E-state index in [1.54, 1.807) is 14.2 Å². The number of carboxylic acid groups (broad SMARTS) is 1. The molecule has 4 rings (SSSR count). The number of aliphatic hydroxyl groups excluding tert-OH is 1. The maximum absolute atomic E-state index is 11.6. The van der Waals surface area contributed by atoms with Crippen molar-refractivity contribution in [2.75, 3.05) is 14.2 Å². The van der Waals surface area contributed by atoms with Gasteiger partial charge in [-0.2, -0.15) is 0 Å². The number of hydrogen-bond donors (Lipinski definition) is 2. The third-order valence-corrected chi connectivity index (χ3v) is 11.1. The zero-order valence-electron chi connectivity index (χ0n) is 20.2. The van der Waals surface area contributed by atoms with Crippen LogP contribution in [0.1, 0.15) is 85.0 Å². The first kappa shape index (κ1) is 23.5. The molecule has 5 heteroatoms. The Labute approximate surface area is 188 Å². The van der Waals surface area contributed by atoms with Gasteiger partial charge in [0, 0.05) is 33.5 Å². The monoisotopic (exact) mass is 436 g/mol. The number of aliphatic hydroxyl groups is 1. The predicted molar refractivity (Wildman–Crippen MR) is 119 cm³/mol. The van der Waals surface area contributed by atoms with Crippen molar-refractivity contribution in [3.63, 3.8) is 0 Å². The van der Waals surface area contributed by atoms with Crippen LogP contribution in [0.4, 0.5) is 0 Å². The molecule has 5 nitrogen and oxygen atoms in total. The summed E-state index contributed by atoms with van der Waals surface area (Å²) < 4.78 is 11.7. The van der Waals surface area contributed by atoms with Crippen molar-refractivity contribution in [2.24, 2.45) is 46.3 Å². The van der Waals surface area contributed by atoms with E-state index in [4.69, 9.17) is 14.6 Å². The van der Waals surface area contributed by atoms with Crippen LogP contribution in [0, 0.1) is 46.3 Å². The molecule has 0 spiro atoms. The van der Waals surface area contributed by atoms with Crippen LogP contribution in [0.2, 0.25) is 0 Å². The van der Waals surface area contributed by atoms with Crippen LogP contribution < -0.4 is 0 Å². The van der Waals surface area contributed by atoms with Gasteiger partial charge in [0.15, 0.2) is 5.79 Å². The first-order chi connectivity index (χ1) is 14.6. The topological polar surface area (TPSA) is 76.0 Å². The van der Waals surface area contributed by atoms with Crippen molar-refractivity contribution in [3.05, 3.63) is 0 Å². The molecule has 4 saturated carbocycles. The number of aliphatic carboxylic acids is 1. The van der Waals surface area contributed by atoms with Gasteiger partial charge in [0.25, 0.3) is 0 Å². The van der Waals surface area contributed by atoms with E-state index in [2.05, 4.69) is 20.8 Å². The summed E-state index contributed by atoms with van der Waals surface area (Å²) >= 11 is 0. The fourth-order valence-corrected chi connectivity index (χ4v) is 9.13. The normalized spacial score (nSPS) is 47.2. The molecule has 4 aliphatic rings. The molecule has 4 fully saturated rings. The molecule has 0 aromatic carbocycles. The lowest BCUT2D eigenvalue weighted by molar-refractivity contribution is -0.265. The first-order valence-electron chi connectivity index (χ1n) is 12.6. The van der Waals surface area contributed by atoms with Crippen LogP contribution in [-0.2, 0) is 14.3 Å². The molecule has 0 aliphatic heterocycles. The molecule has 0 radical (unpaired) electrons. The van der Waals surface area contributed by atoms with Crippen molar-refractivity contribution in [2.45, 2.75) is 96.9 Å². The average molecular weight is 437 g/mol. The summed E-state index contributed by atoms with van der Waals surface area (Å²) in [6.07, 6.45) is 9.39. The number of carbonyl (C=O) groups is 1. The minimum atomic E-state index is -0.706. The maximum atomic E-state index is 11.6. The van der Waals surface area contributed by atoms with Crippen molar-refractivity contribution in [1.82, 2.24) is 0 Å². The summed E-state index contributed by atoms with van der Waals surface area (Å²) in [5.41, 5.74) is 0.179. The highest BCUT2D eigenvalue weighted by molar-refractivity contribution is 5.66. The van der Waals surface area contributed by atoms with E-state index in [-0.39, 0.29) is 23.4 Å². The zero-order valence-corrected chi connectivity index (χ0v) is 20.2. The Hall–Kier alpha value is -0.650. The molecule has 4 aliphatic carbocycles. The van der Waals surface area contributed by atoms with E-state index in [1.165, 1.54) is 19.3 Å². The standard InChI is InChI=1S/C26H44O5/c1-16(6-11-23(28)29)19-9-10-20-18-8-7-17-15-26(30-4,31-5)13-12-24(17,2)21(18)14-22(27)25(19,20)3/h16-22,27H,6-15H2,1-5H3,(H,28,29). The molecule has 2 N–H and O–H groups in total. The molecule has 31 heavy (non-hydrogen) atoms. The van der Waals surface area contributed by atoms with Gasteiger partial charge in [-0.05, 0) is 91.3 Å².